The van der Waals surface area contributed by atoms with E-state index < -0.39 is 18.1 Å². The van der Waals surface area contributed by atoms with Gasteiger partial charge in [0.05, 0.1) is 18.7 Å². The van der Waals surface area contributed by atoms with E-state index in [1.165, 1.54) is 12.6 Å². The predicted molar refractivity (Wildman–Crippen MR) is 55.1 cm³/mol. The number of nitrogens with one attached hydrogen (secondary N) is 1. The first-order chi connectivity index (χ1) is 8.07. The van der Waals surface area contributed by atoms with Crippen molar-refractivity contribution in [2.24, 2.45) is 5.92 Å². The maximum absolute atomic E-state index is 12.8. The third-order valence-corrected chi connectivity index (χ3v) is 3.21. The molecule has 1 aromatic rings. The van der Waals surface area contributed by atoms with E-state index in [-0.39, 0.29) is 6.42 Å². The lowest BCUT2D eigenvalue weighted by molar-refractivity contribution is -0.189. The summed E-state index contributed by atoms with van der Waals surface area (Å²) in [5.74, 6) is -0.671. The Labute approximate surface area is 97.4 Å². The van der Waals surface area contributed by atoms with Crippen molar-refractivity contribution in [3.8, 4) is 0 Å². The third kappa shape index (κ3) is 3.21. The van der Waals surface area contributed by atoms with Crippen LogP contribution in [0.25, 0.3) is 0 Å². The quantitative estimate of drug-likeness (QED) is 0.893. The van der Waals surface area contributed by atoms with Crippen LogP contribution in [-0.2, 0) is 6.54 Å². The van der Waals surface area contributed by atoms with Gasteiger partial charge in [-0.2, -0.15) is 13.2 Å². The number of hydrogen-bond acceptors (Lipinski definition) is 3. The molecule has 1 heterocycles. The molecule has 6 heteroatoms. The first-order valence-electron chi connectivity index (χ1n) is 5.75. The molecule has 0 radical (unpaired) electrons. The minimum absolute atomic E-state index is 0.220. The van der Waals surface area contributed by atoms with Crippen LogP contribution in [0.1, 0.15) is 31.4 Å². The Hall–Kier alpha value is -1.04. The molecular formula is C11H15F3N2O. The van der Waals surface area contributed by atoms with Gasteiger partial charge in [0, 0.05) is 6.04 Å². The second-order valence-electron chi connectivity index (χ2n) is 4.39. The Kier molecular flexibility index (Phi) is 3.71. The molecule has 1 aliphatic rings. The lowest BCUT2D eigenvalue weighted by Crippen LogP contribution is -2.45. The van der Waals surface area contributed by atoms with Crippen molar-refractivity contribution in [3.05, 3.63) is 18.4 Å². The highest BCUT2D eigenvalue weighted by Crippen LogP contribution is 2.37. The molecular weight excluding hydrogens is 233 g/mol. The Bertz CT molecular complexity index is 337. The molecule has 0 spiro atoms. The average Bonchev–Trinajstić information content (AvgIpc) is 2.78. The molecule has 1 fully saturated rings. The molecule has 0 amide bonds. The normalized spacial score (nSPS) is 26.1. The second-order valence-corrected chi connectivity index (χ2v) is 4.39. The van der Waals surface area contributed by atoms with Crippen LogP contribution in [-0.4, -0.2) is 17.2 Å². The summed E-state index contributed by atoms with van der Waals surface area (Å²) in [5.41, 5.74) is 0. The first-order valence-corrected chi connectivity index (χ1v) is 5.75. The smallest absolute Gasteiger partial charge is 0.393 e. The van der Waals surface area contributed by atoms with Crippen LogP contribution in [0.4, 0.5) is 13.2 Å². The van der Waals surface area contributed by atoms with Gasteiger partial charge in [0.2, 0.25) is 0 Å². The Morgan fingerprint density at radius 3 is 2.76 bits per heavy atom. The summed E-state index contributed by atoms with van der Waals surface area (Å²) in [4.78, 5) is 3.72. The molecule has 0 aromatic carbocycles. The molecule has 2 atom stereocenters. The van der Waals surface area contributed by atoms with Crippen LogP contribution in [0.5, 0.6) is 0 Å². The molecule has 1 saturated carbocycles. The van der Waals surface area contributed by atoms with Crippen LogP contribution >= 0.6 is 0 Å². The van der Waals surface area contributed by atoms with Crippen LogP contribution in [0.2, 0.25) is 0 Å². The van der Waals surface area contributed by atoms with E-state index in [1.54, 1.807) is 0 Å². The van der Waals surface area contributed by atoms with Gasteiger partial charge in [-0.25, -0.2) is 4.98 Å². The summed E-state index contributed by atoms with van der Waals surface area (Å²) < 4.78 is 43.3. The zero-order chi connectivity index (χ0) is 12.3. The van der Waals surface area contributed by atoms with Crippen molar-refractivity contribution in [3.63, 3.8) is 0 Å². The van der Waals surface area contributed by atoms with Crippen LogP contribution in [0.15, 0.2) is 17.0 Å². The number of rotatable bonds is 3. The Morgan fingerprint density at radius 2 is 2.12 bits per heavy atom. The van der Waals surface area contributed by atoms with E-state index in [0.29, 0.717) is 25.1 Å². The fraction of sp³-hybridized carbons (Fsp3) is 0.727. The van der Waals surface area contributed by atoms with Gasteiger partial charge in [-0.15, -0.1) is 0 Å². The average molecular weight is 248 g/mol. The fourth-order valence-corrected chi connectivity index (χ4v) is 2.33. The van der Waals surface area contributed by atoms with E-state index in [1.807, 2.05) is 0 Å². The van der Waals surface area contributed by atoms with Crippen molar-refractivity contribution in [2.75, 3.05) is 0 Å². The summed E-state index contributed by atoms with van der Waals surface area (Å²) in [6.45, 7) is 0.303. The van der Waals surface area contributed by atoms with E-state index in [9.17, 15) is 13.2 Å². The summed E-state index contributed by atoms with van der Waals surface area (Å²) in [6.07, 6.45) is 0.970. The highest BCUT2D eigenvalue weighted by Gasteiger charge is 2.45. The van der Waals surface area contributed by atoms with Crippen molar-refractivity contribution in [1.82, 2.24) is 10.3 Å². The fourth-order valence-electron chi connectivity index (χ4n) is 2.33. The van der Waals surface area contributed by atoms with E-state index in [4.69, 9.17) is 4.42 Å². The topological polar surface area (TPSA) is 38.1 Å². The maximum Gasteiger partial charge on any atom is 0.393 e. The van der Waals surface area contributed by atoms with E-state index >= 15 is 0 Å². The minimum Gasteiger partial charge on any atom is -0.447 e. The Balaban J connectivity index is 1.92. The van der Waals surface area contributed by atoms with Gasteiger partial charge in [0.15, 0.2) is 6.39 Å². The molecule has 1 aromatic heterocycles. The monoisotopic (exact) mass is 248 g/mol. The van der Waals surface area contributed by atoms with Crippen LogP contribution in [0.3, 0.4) is 0 Å². The van der Waals surface area contributed by atoms with Crippen molar-refractivity contribution in [1.29, 1.82) is 0 Å². The minimum atomic E-state index is -4.11. The van der Waals surface area contributed by atoms with Crippen LogP contribution in [0, 0.1) is 5.92 Å². The predicted octanol–water partition coefficient (Wildman–Crippen LogP) is 2.89. The highest BCUT2D eigenvalue weighted by atomic mass is 19.4. The van der Waals surface area contributed by atoms with Gasteiger partial charge in [0.25, 0.3) is 0 Å². The maximum atomic E-state index is 12.8. The molecule has 17 heavy (non-hydrogen) atoms. The molecule has 96 valence electrons. The van der Waals surface area contributed by atoms with Gasteiger partial charge < -0.3 is 9.73 Å². The number of alkyl halides is 3. The summed E-state index contributed by atoms with van der Waals surface area (Å²) in [5, 5.41) is 2.93. The standard InChI is InChI=1S/C11H15F3N2O/c12-11(13,14)9-3-1-2-4-10(9)16-6-8-5-15-7-17-8/h5,7,9-10,16H,1-4,6H2. The highest BCUT2D eigenvalue weighted by molar-refractivity contribution is 4.91. The molecule has 0 bridgehead atoms. The van der Waals surface area contributed by atoms with E-state index in [2.05, 4.69) is 10.3 Å². The lowest BCUT2D eigenvalue weighted by Gasteiger charge is -2.33. The van der Waals surface area contributed by atoms with Gasteiger partial charge >= 0.3 is 6.18 Å². The zero-order valence-corrected chi connectivity index (χ0v) is 9.33. The number of nitrogens with zero attached hydrogens (tertiary/aromatic N) is 1. The van der Waals surface area contributed by atoms with Crippen LogP contribution < -0.4 is 5.32 Å². The van der Waals surface area contributed by atoms with E-state index in [0.717, 1.165) is 6.42 Å². The van der Waals surface area contributed by atoms with Crippen molar-refractivity contribution in [2.45, 2.75) is 44.4 Å². The zero-order valence-electron chi connectivity index (χ0n) is 9.33. The summed E-state index contributed by atoms with van der Waals surface area (Å²) >= 11 is 0. The van der Waals surface area contributed by atoms with Crippen molar-refractivity contribution < 1.29 is 17.6 Å². The second kappa shape index (κ2) is 5.08. The summed E-state index contributed by atoms with van der Waals surface area (Å²) in [7, 11) is 0. The number of hydrogen-bond donors (Lipinski definition) is 1. The molecule has 1 aliphatic carbocycles. The van der Waals surface area contributed by atoms with Crippen molar-refractivity contribution >= 4 is 0 Å². The molecule has 0 saturated heterocycles. The largest absolute Gasteiger partial charge is 0.447 e. The number of aromatic nitrogens is 1. The molecule has 0 aliphatic heterocycles. The SMILES string of the molecule is FC(F)(F)C1CCCCC1NCc1cnco1. The molecule has 2 unspecified atom stereocenters. The Morgan fingerprint density at radius 1 is 1.35 bits per heavy atom. The number of halogens is 3. The van der Waals surface area contributed by atoms with Gasteiger partial charge in [0.1, 0.15) is 5.76 Å². The molecule has 1 N–H and O–H groups in total. The van der Waals surface area contributed by atoms with Gasteiger partial charge in [-0.1, -0.05) is 12.8 Å². The lowest BCUT2D eigenvalue weighted by atomic mass is 9.84. The molecule has 3 nitrogen and oxygen atoms in total. The van der Waals surface area contributed by atoms with Gasteiger partial charge in [-0.05, 0) is 12.8 Å². The summed E-state index contributed by atoms with van der Waals surface area (Å²) in [6, 6.07) is -0.506. The van der Waals surface area contributed by atoms with Gasteiger partial charge in [-0.3, -0.25) is 0 Å². The first kappa shape index (κ1) is 12.4. The third-order valence-electron chi connectivity index (χ3n) is 3.21. The number of oxazole rings is 1. The molecule has 2 rings (SSSR count).